The minimum atomic E-state index is -0.835. The van der Waals surface area contributed by atoms with E-state index in [4.69, 9.17) is 5.11 Å². The number of carboxylic acid groups (broad SMARTS) is 1. The Kier molecular flexibility index (Phi) is 4.45. The van der Waals surface area contributed by atoms with Crippen LogP contribution in [0.3, 0.4) is 0 Å². The van der Waals surface area contributed by atoms with Crippen LogP contribution in [0.2, 0.25) is 0 Å². The quantitative estimate of drug-likeness (QED) is 0.899. The molecule has 2 rings (SSSR count). The minimum Gasteiger partial charge on any atom is -0.481 e. The van der Waals surface area contributed by atoms with Crippen molar-refractivity contribution in [3.63, 3.8) is 0 Å². The third-order valence-electron chi connectivity index (χ3n) is 3.46. The topological polar surface area (TPSA) is 90.1 Å². The van der Waals surface area contributed by atoms with E-state index in [1.54, 1.807) is 11.8 Å². The standard InChI is InChI=1S/C13H16N4O2S/c1-8-9(2)15-16-13(11(8)6-14)17-3-4-20-7-10(17)5-12(18)19/h10H,3-5,7H2,1-2H3,(H,18,19). The van der Waals surface area contributed by atoms with Gasteiger partial charge in [0.15, 0.2) is 5.82 Å². The molecule has 0 saturated carbocycles. The van der Waals surface area contributed by atoms with E-state index in [0.717, 1.165) is 22.8 Å². The van der Waals surface area contributed by atoms with Crippen LogP contribution in [0, 0.1) is 25.2 Å². The number of thioether (sulfide) groups is 1. The Morgan fingerprint density at radius 1 is 1.55 bits per heavy atom. The van der Waals surface area contributed by atoms with Crippen LogP contribution < -0.4 is 4.90 Å². The summed E-state index contributed by atoms with van der Waals surface area (Å²) in [6.07, 6.45) is 0.0481. The molecule has 7 heteroatoms. The summed E-state index contributed by atoms with van der Waals surface area (Å²) in [6.45, 7) is 4.35. The van der Waals surface area contributed by atoms with Gasteiger partial charge in [-0.1, -0.05) is 0 Å². The fourth-order valence-electron chi connectivity index (χ4n) is 2.24. The van der Waals surface area contributed by atoms with Gasteiger partial charge in [0.1, 0.15) is 11.6 Å². The average molecular weight is 292 g/mol. The molecule has 1 aliphatic heterocycles. The summed E-state index contributed by atoms with van der Waals surface area (Å²) in [7, 11) is 0. The number of carbonyl (C=O) groups is 1. The van der Waals surface area contributed by atoms with Gasteiger partial charge in [-0.15, -0.1) is 5.10 Å². The molecule has 0 bridgehead atoms. The number of aryl methyl sites for hydroxylation is 1. The second kappa shape index (κ2) is 6.09. The van der Waals surface area contributed by atoms with Gasteiger partial charge in [-0.05, 0) is 19.4 Å². The molecule has 1 N–H and O–H groups in total. The van der Waals surface area contributed by atoms with Gasteiger partial charge in [-0.3, -0.25) is 4.79 Å². The van der Waals surface area contributed by atoms with Crippen LogP contribution in [0.25, 0.3) is 0 Å². The Morgan fingerprint density at radius 2 is 2.30 bits per heavy atom. The Bertz CT molecular complexity index is 570. The van der Waals surface area contributed by atoms with Gasteiger partial charge in [0.25, 0.3) is 0 Å². The van der Waals surface area contributed by atoms with Crippen molar-refractivity contribution in [2.45, 2.75) is 26.3 Å². The lowest BCUT2D eigenvalue weighted by atomic mass is 10.1. The van der Waals surface area contributed by atoms with E-state index in [0.29, 0.717) is 17.9 Å². The van der Waals surface area contributed by atoms with E-state index < -0.39 is 5.97 Å². The van der Waals surface area contributed by atoms with E-state index in [2.05, 4.69) is 16.3 Å². The fourth-order valence-corrected chi connectivity index (χ4v) is 3.30. The summed E-state index contributed by atoms with van der Waals surface area (Å²) in [5.74, 6) is 1.31. The molecule has 0 amide bonds. The highest BCUT2D eigenvalue weighted by Gasteiger charge is 2.29. The van der Waals surface area contributed by atoms with Crippen molar-refractivity contribution in [2.75, 3.05) is 23.0 Å². The number of anilines is 1. The zero-order valence-electron chi connectivity index (χ0n) is 11.5. The molecule has 0 spiro atoms. The smallest absolute Gasteiger partial charge is 0.305 e. The maximum absolute atomic E-state index is 11.0. The fraction of sp³-hybridized carbons (Fsp3) is 0.538. The molecule has 20 heavy (non-hydrogen) atoms. The lowest BCUT2D eigenvalue weighted by Gasteiger charge is -2.35. The molecular formula is C13H16N4O2S. The Labute approximate surface area is 121 Å². The van der Waals surface area contributed by atoms with Gasteiger partial charge in [-0.2, -0.15) is 22.1 Å². The number of carboxylic acids is 1. The molecular weight excluding hydrogens is 276 g/mol. The molecule has 0 aromatic carbocycles. The zero-order chi connectivity index (χ0) is 14.7. The number of nitriles is 1. The van der Waals surface area contributed by atoms with Gasteiger partial charge in [0.05, 0.1) is 18.2 Å². The first-order valence-electron chi connectivity index (χ1n) is 6.34. The van der Waals surface area contributed by atoms with E-state index in [1.807, 2.05) is 18.7 Å². The van der Waals surface area contributed by atoms with Crippen LogP contribution in [0.15, 0.2) is 0 Å². The third kappa shape index (κ3) is 2.85. The summed E-state index contributed by atoms with van der Waals surface area (Å²) in [6, 6.07) is 2.03. The number of nitrogens with zero attached hydrogens (tertiary/aromatic N) is 4. The molecule has 0 radical (unpaired) electrons. The summed E-state index contributed by atoms with van der Waals surface area (Å²) >= 11 is 1.73. The largest absolute Gasteiger partial charge is 0.481 e. The average Bonchev–Trinajstić information content (AvgIpc) is 2.42. The SMILES string of the molecule is Cc1nnc(N2CCSCC2CC(=O)O)c(C#N)c1C. The maximum Gasteiger partial charge on any atom is 0.305 e. The van der Waals surface area contributed by atoms with Gasteiger partial charge in [0.2, 0.25) is 0 Å². The van der Waals surface area contributed by atoms with Crippen LogP contribution in [0.4, 0.5) is 5.82 Å². The lowest BCUT2D eigenvalue weighted by Crippen LogP contribution is -2.44. The first kappa shape index (κ1) is 14.6. The summed E-state index contributed by atoms with van der Waals surface area (Å²) < 4.78 is 0. The second-order valence-electron chi connectivity index (χ2n) is 4.74. The lowest BCUT2D eigenvalue weighted by molar-refractivity contribution is -0.137. The predicted molar refractivity (Wildman–Crippen MR) is 76.9 cm³/mol. The van der Waals surface area contributed by atoms with Gasteiger partial charge in [0, 0.05) is 18.1 Å². The first-order chi connectivity index (χ1) is 9.54. The van der Waals surface area contributed by atoms with E-state index in [1.165, 1.54) is 0 Å². The monoisotopic (exact) mass is 292 g/mol. The van der Waals surface area contributed by atoms with Crippen LogP contribution in [-0.2, 0) is 4.79 Å². The Morgan fingerprint density at radius 3 is 2.95 bits per heavy atom. The van der Waals surface area contributed by atoms with Crippen LogP contribution in [-0.4, -0.2) is 45.4 Å². The molecule has 106 valence electrons. The molecule has 1 aromatic rings. The molecule has 2 heterocycles. The van der Waals surface area contributed by atoms with Crippen molar-refractivity contribution in [1.29, 1.82) is 5.26 Å². The first-order valence-corrected chi connectivity index (χ1v) is 7.50. The second-order valence-corrected chi connectivity index (χ2v) is 5.89. The molecule has 1 aromatic heterocycles. The molecule has 1 fully saturated rings. The molecule has 1 saturated heterocycles. The number of hydrogen-bond donors (Lipinski definition) is 1. The maximum atomic E-state index is 11.0. The van der Waals surface area contributed by atoms with Crippen molar-refractivity contribution in [1.82, 2.24) is 10.2 Å². The predicted octanol–water partition coefficient (Wildman–Crippen LogP) is 1.36. The number of aromatic nitrogens is 2. The highest BCUT2D eigenvalue weighted by atomic mass is 32.2. The normalized spacial score (nSPS) is 18.6. The molecule has 6 nitrogen and oxygen atoms in total. The van der Waals surface area contributed by atoms with Crippen LogP contribution >= 0.6 is 11.8 Å². The summed E-state index contributed by atoms with van der Waals surface area (Å²) in [5, 5.41) is 26.6. The highest BCUT2D eigenvalue weighted by Crippen LogP contribution is 2.28. The molecule has 1 atom stereocenters. The van der Waals surface area contributed by atoms with Crippen LogP contribution in [0.5, 0.6) is 0 Å². The number of rotatable bonds is 3. The molecule has 1 unspecified atom stereocenters. The van der Waals surface area contributed by atoms with Gasteiger partial charge < -0.3 is 10.0 Å². The molecule has 0 aliphatic carbocycles. The Hall–Kier alpha value is -1.81. The van der Waals surface area contributed by atoms with Crippen molar-refractivity contribution in [3.8, 4) is 6.07 Å². The van der Waals surface area contributed by atoms with Gasteiger partial charge in [-0.25, -0.2) is 0 Å². The van der Waals surface area contributed by atoms with Crippen molar-refractivity contribution >= 4 is 23.5 Å². The van der Waals surface area contributed by atoms with E-state index in [9.17, 15) is 10.1 Å². The van der Waals surface area contributed by atoms with Crippen LogP contribution in [0.1, 0.15) is 23.2 Å². The number of aliphatic carboxylic acids is 1. The van der Waals surface area contributed by atoms with Crippen molar-refractivity contribution < 1.29 is 9.90 Å². The van der Waals surface area contributed by atoms with E-state index >= 15 is 0 Å². The Balaban J connectivity index is 2.40. The van der Waals surface area contributed by atoms with E-state index in [-0.39, 0.29) is 12.5 Å². The summed E-state index contributed by atoms with van der Waals surface area (Å²) in [5.41, 5.74) is 2.04. The molecule has 1 aliphatic rings. The number of hydrogen-bond acceptors (Lipinski definition) is 6. The highest BCUT2D eigenvalue weighted by molar-refractivity contribution is 7.99. The summed E-state index contributed by atoms with van der Waals surface area (Å²) in [4.78, 5) is 12.9. The minimum absolute atomic E-state index is 0.0481. The van der Waals surface area contributed by atoms with Crippen molar-refractivity contribution in [2.24, 2.45) is 0 Å². The van der Waals surface area contributed by atoms with Crippen molar-refractivity contribution in [3.05, 3.63) is 16.8 Å². The van der Waals surface area contributed by atoms with Gasteiger partial charge >= 0.3 is 5.97 Å². The zero-order valence-corrected chi connectivity index (χ0v) is 12.3. The third-order valence-corrected chi connectivity index (χ3v) is 4.55.